The average molecular weight is 409 g/mol. The Morgan fingerprint density at radius 3 is 1.45 bits per heavy atom. The van der Waals surface area contributed by atoms with Crippen molar-refractivity contribution in [3.8, 4) is 0 Å². The van der Waals surface area contributed by atoms with Gasteiger partial charge in [-0.2, -0.15) is 0 Å². The van der Waals surface area contributed by atoms with Gasteiger partial charge in [-0.05, 0) is 35.1 Å². The maximum atomic E-state index is 6.28. The molecule has 0 spiro atoms. The van der Waals surface area contributed by atoms with Gasteiger partial charge in [-0.15, -0.1) is 0 Å². The Labute approximate surface area is 182 Å². The predicted octanol–water partition coefficient (Wildman–Crippen LogP) is 5.11. The minimum atomic E-state index is -0.462. The van der Waals surface area contributed by atoms with Gasteiger partial charge in [-0.1, -0.05) is 84.9 Å². The van der Waals surface area contributed by atoms with Crippen LogP contribution in [0.2, 0.25) is 0 Å². The first kappa shape index (κ1) is 18.4. The van der Waals surface area contributed by atoms with Gasteiger partial charge in [0.25, 0.3) is 0 Å². The van der Waals surface area contributed by atoms with Gasteiger partial charge in [0.05, 0.1) is 0 Å². The predicted molar refractivity (Wildman–Crippen MR) is 121 cm³/mol. The highest BCUT2D eigenvalue weighted by atomic mass is 16.5. The molecule has 0 unspecified atom stereocenters. The zero-order chi connectivity index (χ0) is 20.7. The summed E-state index contributed by atoms with van der Waals surface area (Å²) in [4.78, 5) is 10.1. The molecule has 3 aliphatic rings. The second kappa shape index (κ2) is 7.38. The minimum Gasteiger partial charge on any atom is -0.478 e. The molecule has 2 heterocycles. The lowest BCUT2D eigenvalue weighted by Crippen LogP contribution is -2.41. The van der Waals surface area contributed by atoms with Crippen molar-refractivity contribution in [2.45, 2.75) is 24.9 Å². The number of aliphatic imine (C=N–C) groups is 2. The van der Waals surface area contributed by atoms with Crippen molar-refractivity contribution in [3.05, 3.63) is 107 Å². The molecular formula is C27H24N2O2. The fraction of sp³-hybridized carbons (Fsp3) is 0.259. The summed E-state index contributed by atoms with van der Waals surface area (Å²) >= 11 is 0. The standard InChI is InChI=1S/C27H24N2O2/c1-3-9-19(10-4-1)23-17-30-25(28-23)27(15-21-13-7-8-14-22(21)16-27)26-29-24(18-31-26)20-11-5-2-6-12-20/h1-14,23-24H,15-18H2/t23-,24-/m0/s1. The maximum absolute atomic E-state index is 6.28. The third-order valence-corrected chi connectivity index (χ3v) is 6.59. The van der Waals surface area contributed by atoms with Crippen LogP contribution in [0.4, 0.5) is 0 Å². The Hall–Kier alpha value is -3.40. The number of fused-ring (bicyclic) bond motifs is 1. The van der Waals surface area contributed by atoms with Crippen molar-refractivity contribution >= 4 is 11.8 Å². The molecule has 3 aromatic carbocycles. The smallest absolute Gasteiger partial charge is 0.200 e. The average Bonchev–Trinajstić information content (AvgIpc) is 3.59. The monoisotopic (exact) mass is 408 g/mol. The Balaban J connectivity index is 1.40. The van der Waals surface area contributed by atoms with E-state index >= 15 is 0 Å². The highest BCUT2D eigenvalue weighted by Gasteiger charge is 2.52. The summed E-state index contributed by atoms with van der Waals surface area (Å²) in [5.41, 5.74) is 4.55. The molecule has 0 N–H and O–H groups in total. The molecule has 6 rings (SSSR count). The van der Waals surface area contributed by atoms with E-state index in [0.717, 1.165) is 24.6 Å². The first-order valence-corrected chi connectivity index (χ1v) is 10.9. The lowest BCUT2D eigenvalue weighted by Gasteiger charge is -2.27. The Morgan fingerprint density at radius 1 is 0.581 bits per heavy atom. The lowest BCUT2D eigenvalue weighted by atomic mass is 9.83. The second-order valence-electron chi connectivity index (χ2n) is 8.55. The van der Waals surface area contributed by atoms with Gasteiger partial charge < -0.3 is 9.47 Å². The Bertz CT molecular complexity index is 1060. The Morgan fingerprint density at radius 2 is 1.00 bits per heavy atom. The van der Waals surface area contributed by atoms with E-state index in [-0.39, 0.29) is 12.1 Å². The number of nitrogens with zero attached hydrogens (tertiary/aromatic N) is 2. The third kappa shape index (κ3) is 3.14. The quantitative estimate of drug-likeness (QED) is 0.602. The molecule has 0 saturated carbocycles. The van der Waals surface area contributed by atoms with Gasteiger partial charge in [0.2, 0.25) is 11.8 Å². The Kier molecular flexibility index (Phi) is 4.37. The topological polar surface area (TPSA) is 43.2 Å². The summed E-state index contributed by atoms with van der Waals surface area (Å²) in [6.07, 6.45) is 1.62. The van der Waals surface area contributed by atoms with E-state index in [1.54, 1.807) is 0 Å². The summed E-state index contributed by atoms with van der Waals surface area (Å²) in [6.45, 7) is 1.12. The molecular weight excluding hydrogens is 384 g/mol. The van der Waals surface area contributed by atoms with E-state index in [2.05, 4.69) is 72.8 Å². The minimum absolute atomic E-state index is 0.0173. The largest absolute Gasteiger partial charge is 0.478 e. The highest BCUT2D eigenvalue weighted by Crippen LogP contribution is 2.45. The molecule has 31 heavy (non-hydrogen) atoms. The van der Waals surface area contributed by atoms with Crippen LogP contribution in [0, 0.1) is 5.41 Å². The van der Waals surface area contributed by atoms with Gasteiger partial charge >= 0.3 is 0 Å². The van der Waals surface area contributed by atoms with Crippen molar-refractivity contribution < 1.29 is 9.47 Å². The van der Waals surface area contributed by atoms with Gasteiger partial charge in [-0.25, -0.2) is 9.98 Å². The molecule has 2 atom stereocenters. The third-order valence-electron chi connectivity index (χ3n) is 6.59. The van der Waals surface area contributed by atoms with Crippen molar-refractivity contribution in [2.75, 3.05) is 13.2 Å². The first-order valence-electron chi connectivity index (χ1n) is 10.9. The van der Waals surface area contributed by atoms with Crippen molar-refractivity contribution in [1.29, 1.82) is 0 Å². The number of rotatable bonds is 4. The first-order chi connectivity index (χ1) is 15.3. The molecule has 3 aromatic rings. The van der Waals surface area contributed by atoms with Gasteiger partial charge in [-0.3, -0.25) is 0 Å². The maximum Gasteiger partial charge on any atom is 0.200 e. The van der Waals surface area contributed by atoms with Crippen LogP contribution in [0.5, 0.6) is 0 Å². The fourth-order valence-electron chi connectivity index (χ4n) is 4.97. The normalized spacial score (nSPS) is 23.5. The van der Waals surface area contributed by atoms with Crippen LogP contribution in [0.15, 0.2) is 94.9 Å². The fourth-order valence-corrected chi connectivity index (χ4v) is 4.97. The summed E-state index contributed by atoms with van der Waals surface area (Å²) in [7, 11) is 0. The number of ether oxygens (including phenoxy) is 2. The molecule has 4 heteroatoms. The SMILES string of the molecule is c1ccc([C@@H]2COC(C3(C4=N[C@H](c5ccccc5)CO4)Cc4ccccc4C3)=N2)cc1. The molecule has 0 fully saturated rings. The van der Waals surface area contributed by atoms with E-state index in [0.29, 0.717) is 13.2 Å². The van der Waals surface area contributed by atoms with Gasteiger partial charge in [0.15, 0.2) is 0 Å². The van der Waals surface area contributed by atoms with Crippen LogP contribution < -0.4 is 0 Å². The summed E-state index contributed by atoms with van der Waals surface area (Å²) < 4.78 is 12.6. The molecule has 4 nitrogen and oxygen atoms in total. The molecule has 2 aliphatic heterocycles. The lowest BCUT2D eigenvalue weighted by molar-refractivity contribution is 0.254. The molecule has 0 saturated heterocycles. The summed E-state index contributed by atoms with van der Waals surface area (Å²) in [5.74, 6) is 1.54. The molecule has 1 aliphatic carbocycles. The van der Waals surface area contributed by atoms with E-state index in [4.69, 9.17) is 19.5 Å². The van der Waals surface area contributed by atoms with Crippen LogP contribution in [0.1, 0.15) is 34.3 Å². The molecule has 0 bridgehead atoms. The second-order valence-corrected chi connectivity index (χ2v) is 8.55. The van der Waals surface area contributed by atoms with E-state index in [1.165, 1.54) is 22.3 Å². The molecule has 154 valence electrons. The van der Waals surface area contributed by atoms with Gasteiger partial charge in [0.1, 0.15) is 30.7 Å². The summed E-state index contributed by atoms with van der Waals surface area (Å²) in [5, 5.41) is 0. The zero-order valence-corrected chi connectivity index (χ0v) is 17.3. The van der Waals surface area contributed by atoms with Crippen LogP contribution in [0.3, 0.4) is 0 Å². The molecule has 0 radical (unpaired) electrons. The van der Waals surface area contributed by atoms with Crippen LogP contribution in [-0.2, 0) is 22.3 Å². The van der Waals surface area contributed by atoms with Crippen LogP contribution >= 0.6 is 0 Å². The van der Waals surface area contributed by atoms with E-state index in [9.17, 15) is 0 Å². The number of benzene rings is 3. The van der Waals surface area contributed by atoms with Crippen molar-refractivity contribution in [1.82, 2.24) is 0 Å². The van der Waals surface area contributed by atoms with Crippen LogP contribution in [0.25, 0.3) is 0 Å². The van der Waals surface area contributed by atoms with E-state index < -0.39 is 5.41 Å². The van der Waals surface area contributed by atoms with Crippen LogP contribution in [-0.4, -0.2) is 25.0 Å². The number of hydrogen-bond donors (Lipinski definition) is 0. The highest BCUT2D eigenvalue weighted by molar-refractivity contribution is 6.07. The van der Waals surface area contributed by atoms with Crippen molar-refractivity contribution in [3.63, 3.8) is 0 Å². The van der Waals surface area contributed by atoms with Crippen molar-refractivity contribution in [2.24, 2.45) is 15.4 Å². The molecule has 0 amide bonds. The van der Waals surface area contributed by atoms with Gasteiger partial charge in [0, 0.05) is 0 Å². The summed E-state index contributed by atoms with van der Waals surface area (Å²) in [6, 6.07) is 29.4. The van der Waals surface area contributed by atoms with E-state index in [1.807, 2.05) is 12.1 Å². The zero-order valence-electron chi connectivity index (χ0n) is 17.3. The number of hydrogen-bond acceptors (Lipinski definition) is 4. The molecule has 0 aromatic heterocycles.